The van der Waals surface area contributed by atoms with Crippen LogP contribution >= 0.6 is 22.7 Å². The van der Waals surface area contributed by atoms with Crippen LogP contribution in [0.25, 0.3) is 0 Å². The summed E-state index contributed by atoms with van der Waals surface area (Å²) in [5, 5.41) is 14.2. The number of nitrogens with zero attached hydrogens (tertiary/aromatic N) is 4. The van der Waals surface area contributed by atoms with Crippen LogP contribution < -0.4 is 16.0 Å². The van der Waals surface area contributed by atoms with Crippen LogP contribution in [0.5, 0.6) is 0 Å². The molecule has 5 rings (SSSR count). The Labute approximate surface area is 278 Å². The first kappa shape index (κ1) is 33.4. The number of benzene rings is 1. The van der Waals surface area contributed by atoms with E-state index in [1.807, 2.05) is 48.7 Å². The maximum atomic E-state index is 13.5. The van der Waals surface area contributed by atoms with E-state index < -0.39 is 6.04 Å². The van der Waals surface area contributed by atoms with Gasteiger partial charge in [-0.15, -0.1) is 22.7 Å². The molecule has 0 aliphatic carbocycles. The van der Waals surface area contributed by atoms with E-state index in [0.717, 1.165) is 30.6 Å². The molecule has 0 spiro atoms. The van der Waals surface area contributed by atoms with Gasteiger partial charge in [0.2, 0.25) is 5.91 Å². The minimum absolute atomic E-state index is 0.0337. The molecule has 4 bridgehead atoms. The highest BCUT2D eigenvalue weighted by atomic mass is 32.1. The van der Waals surface area contributed by atoms with Gasteiger partial charge in [0.15, 0.2) is 0 Å². The van der Waals surface area contributed by atoms with Crippen LogP contribution in [0.1, 0.15) is 93.7 Å². The van der Waals surface area contributed by atoms with Gasteiger partial charge in [0.1, 0.15) is 21.4 Å². The van der Waals surface area contributed by atoms with Crippen molar-refractivity contribution in [3.63, 3.8) is 0 Å². The first-order chi connectivity index (χ1) is 22.3. The number of hydrogen-bond acceptors (Lipinski definition) is 9. The molecule has 4 heterocycles. The summed E-state index contributed by atoms with van der Waals surface area (Å²) in [6.45, 7) is 6.90. The number of pyridine rings is 1. The predicted octanol–water partition coefficient (Wildman–Crippen LogP) is 5.33. The third kappa shape index (κ3) is 9.75. The van der Waals surface area contributed by atoms with Crippen molar-refractivity contribution in [3.05, 3.63) is 98.1 Å². The van der Waals surface area contributed by atoms with Gasteiger partial charge in [-0.1, -0.05) is 50.2 Å². The lowest BCUT2D eigenvalue weighted by Gasteiger charge is -2.23. The first-order valence-corrected chi connectivity index (χ1v) is 17.5. The summed E-state index contributed by atoms with van der Waals surface area (Å²) in [6, 6.07) is 13.1. The van der Waals surface area contributed by atoms with Crippen LogP contribution in [0.15, 0.2) is 65.6 Å². The largest absolute Gasteiger partial charge is 0.351 e. The fraction of sp³-hybridized carbons (Fsp3) is 0.412. The minimum Gasteiger partial charge on any atom is -0.351 e. The molecular weight excluding hydrogens is 619 g/mol. The van der Waals surface area contributed by atoms with Gasteiger partial charge in [-0.2, -0.15) is 0 Å². The van der Waals surface area contributed by atoms with Gasteiger partial charge >= 0.3 is 0 Å². The highest BCUT2D eigenvalue weighted by Gasteiger charge is 2.25. The molecule has 3 amide bonds. The van der Waals surface area contributed by atoms with Gasteiger partial charge in [0.25, 0.3) is 11.8 Å². The van der Waals surface area contributed by atoms with Crippen LogP contribution in [-0.2, 0) is 17.8 Å². The maximum absolute atomic E-state index is 13.5. The predicted molar refractivity (Wildman–Crippen MR) is 181 cm³/mol. The Balaban J connectivity index is 1.39. The van der Waals surface area contributed by atoms with Gasteiger partial charge in [0.05, 0.1) is 12.1 Å². The van der Waals surface area contributed by atoms with Crippen molar-refractivity contribution < 1.29 is 14.4 Å². The topological polar surface area (TPSA) is 129 Å². The van der Waals surface area contributed by atoms with Crippen molar-refractivity contribution in [2.24, 2.45) is 5.92 Å². The summed E-state index contributed by atoms with van der Waals surface area (Å²) in [4.78, 5) is 55.6. The molecule has 1 aromatic carbocycles. The molecular formula is C34H41N7O3S2. The zero-order valence-corrected chi connectivity index (χ0v) is 27.9. The van der Waals surface area contributed by atoms with E-state index in [0.29, 0.717) is 66.1 Å². The van der Waals surface area contributed by atoms with Crippen LogP contribution in [0.4, 0.5) is 0 Å². The summed E-state index contributed by atoms with van der Waals surface area (Å²) in [6.07, 6.45) is 6.64. The molecule has 3 aromatic heterocycles. The number of rotatable bonds is 6. The second kappa shape index (κ2) is 16.5. The molecule has 2 atom stereocenters. The van der Waals surface area contributed by atoms with Crippen LogP contribution in [0.3, 0.4) is 0 Å². The number of thiazole rings is 2. The van der Waals surface area contributed by atoms with E-state index >= 15 is 0 Å². The molecule has 0 saturated heterocycles. The van der Waals surface area contributed by atoms with Crippen LogP contribution in [-0.4, -0.2) is 57.2 Å². The van der Waals surface area contributed by atoms with E-state index in [1.165, 1.54) is 22.7 Å². The monoisotopic (exact) mass is 659 g/mol. The second-order valence-electron chi connectivity index (χ2n) is 12.0. The normalized spacial score (nSPS) is 19.2. The third-order valence-electron chi connectivity index (χ3n) is 7.68. The van der Waals surface area contributed by atoms with Crippen LogP contribution in [0.2, 0.25) is 0 Å². The lowest BCUT2D eigenvalue weighted by atomic mass is 10.0. The SMILES string of the molecule is CC(C)C[C@@H]1NC(=O)CCCN(Cc2cccnc2)CCCNC(=O)c2csc(n2)[C@H](Cc2ccccc2)NC(=O)c2csc1n2. The average molecular weight is 660 g/mol. The molecule has 1 aliphatic heterocycles. The van der Waals surface area contributed by atoms with Gasteiger partial charge in [0, 0.05) is 49.2 Å². The Morgan fingerprint density at radius 2 is 1.54 bits per heavy atom. The summed E-state index contributed by atoms with van der Waals surface area (Å²) in [5.74, 6) is -0.275. The van der Waals surface area contributed by atoms with Gasteiger partial charge in [-0.25, -0.2) is 9.97 Å². The molecule has 0 radical (unpaired) electrons. The molecule has 46 heavy (non-hydrogen) atoms. The Bertz CT molecular complexity index is 1580. The van der Waals surface area contributed by atoms with Gasteiger partial charge in [-0.3, -0.25) is 24.3 Å². The molecule has 0 fully saturated rings. The van der Waals surface area contributed by atoms with Gasteiger partial charge in [-0.05, 0) is 55.3 Å². The van der Waals surface area contributed by atoms with Gasteiger partial charge < -0.3 is 16.0 Å². The number of carbonyl (C=O) groups is 3. The Morgan fingerprint density at radius 1 is 0.848 bits per heavy atom. The summed E-state index contributed by atoms with van der Waals surface area (Å²) >= 11 is 2.74. The highest BCUT2D eigenvalue weighted by molar-refractivity contribution is 7.10. The number of carbonyl (C=O) groups excluding carboxylic acids is 3. The fourth-order valence-corrected chi connectivity index (χ4v) is 7.14. The number of aromatic nitrogens is 3. The molecule has 1 aliphatic rings. The van der Waals surface area contributed by atoms with Crippen molar-refractivity contribution in [2.75, 3.05) is 19.6 Å². The van der Waals surface area contributed by atoms with E-state index in [9.17, 15) is 14.4 Å². The van der Waals surface area contributed by atoms with Crippen LogP contribution in [0, 0.1) is 5.92 Å². The van der Waals surface area contributed by atoms with E-state index in [-0.39, 0.29) is 23.8 Å². The molecule has 0 unspecified atom stereocenters. The third-order valence-corrected chi connectivity index (χ3v) is 9.60. The molecule has 10 nitrogen and oxygen atoms in total. The Kier molecular flexibility index (Phi) is 12.0. The quantitative estimate of drug-likeness (QED) is 0.255. The number of amides is 3. The molecule has 0 saturated carbocycles. The number of nitrogens with one attached hydrogen (secondary N) is 3. The first-order valence-electron chi connectivity index (χ1n) is 15.8. The van der Waals surface area contributed by atoms with Crippen molar-refractivity contribution in [1.82, 2.24) is 35.8 Å². The second-order valence-corrected chi connectivity index (χ2v) is 13.7. The summed E-state index contributed by atoms with van der Waals surface area (Å²) in [5.41, 5.74) is 2.77. The lowest BCUT2D eigenvalue weighted by Crippen LogP contribution is -2.32. The van der Waals surface area contributed by atoms with E-state index in [4.69, 9.17) is 4.98 Å². The van der Waals surface area contributed by atoms with E-state index in [1.54, 1.807) is 17.0 Å². The zero-order chi connectivity index (χ0) is 32.3. The summed E-state index contributed by atoms with van der Waals surface area (Å²) < 4.78 is 0. The van der Waals surface area contributed by atoms with E-state index in [2.05, 4.69) is 44.7 Å². The Hall–Kier alpha value is -4.00. The smallest absolute Gasteiger partial charge is 0.271 e. The van der Waals surface area contributed by atoms with Crippen molar-refractivity contribution in [2.45, 2.75) is 64.6 Å². The molecule has 242 valence electrons. The maximum Gasteiger partial charge on any atom is 0.271 e. The zero-order valence-electron chi connectivity index (χ0n) is 26.3. The lowest BCUT2D eigenvalue weighted by molar-refractivity contribution is -0.122. The standard InChI is InChI=1S/C34H41N7O3S2/c1-23(2)17-26-33-40-29(22-46-33)32(44)38-27(18-24-9-4-3-5-10-24)34-39-28(21-45-34)31(43)36-14-8-16-41(15-7-12-30(42)37-26)20-25-11-6-13-35-19-25/h3-6,9-11,13,19,21-23,26-27H,7-8,12,14-18,20H2,1-2H3,(H,36,43)(H,37,42)(H,38,44)/t26-,27-/m0/s1. The average Bonchev–Trinajstić information content (AvgIpc) is 3.74. The van der Waals surface area contributed by atoms with Crippen molar-refractivity contribution in [1.29, 1.82) is 0 Å². The minimum atomic E-state index is -0.451. The fourth-order valence-electron chi connectivity index (χ4n) is 5.42. The highest BCUT2D eigenvalue weighted by Crippen LogP contribution is 2.27. The molecule has 4 aromatic rings. The molecule has 3 N–H and O–H groups in total. The van der Waals surface area contributed by atoms with Crippen molar-refractivity contribution >= 4 is 40.4 Å². The van der Waals surface area contributed by atoms with Crippen molar-refractivity contribution in [3.8, 4) is 0 Å². The number of hydrogen-bond donors (Lipinski definition) is 3. The Morgan fingerprint density at radius 3 is 2.26 bits per heavy atom. The number of fused-ring (bicyclic) bond motifs is 4. The summed E-state index contributed by atoms with van der Waals surface area (Å²) in [7, 11) is 0. The molecule has 12 heteroatoms.